The van der Waals surface area contributed by atoms with Gasteiger partial charge < -0.3 is 24.7 Å². The van der Waals surface area contributed by atoms with Gasteiger partial charge in [-0.25, -0.2) is 0 Å². The molecule has 9 heteroatoms. The number of nitrogens with one attached hydrogen (secondary N) is 2. The molecular formula is C22H41N7O2. The SMILES string of the molecule is CCc1nncn1CCNC(=NCC1(N2CCOCC2)CCCCC1)NCCCOC. The smallest absolute Gasteiger partial charge is 0.191 e. The first-order valence-electron chi connectivity index (χ1n) is 12.0. The minimum Gasteiger partial charge on any atom is -0.385 e. The third kappa shape index (κ3) is 7.15. The van der Waals surface area contributed by atoms with Gasteiger partial charge in [0.2, 0.25) is 0 Å². The van der Waals surface area contributed by atoms with Gasteiger partial charge in [0.05, 0.1) is 19.8 Å². The minimum atomic E-state index is 0.173. The van der Waals surface area contributed by atoms with Gasteiger partial charge in [-0.3, -0.25) is 9.89 Å². The highest BCUT2D eigenvalue weighted by molar-refractivity contribution is 5.79. The van der Waals surface area contributed by atoms with Crippen LogP contribution < -0.4 is 10.6 Å². The first-order valence-corrected chi connectivity index (χ1v) is 12.0. The van der Waals surface area contributed by atoms with Crippen LogP contribution in [0.25, 0.3) is 0 Å². The average molecular weight is 436 g/mol. The molecule has 1 saturated heterocycles. The molecule has 0 radical (unpaired) electrons. The van der Waals surface area contributed by atoms with Crippen molar-refractivity contribution in [3.8, 4) is 0 Å². The summed E-state index contributed by atoms with van der Waals surface area (Å²) in [5, 5.41) is 15.2. The van der Waals surface area contributed by atoms with E-state index in [4.69, 9.17) is 14.5 Å². The summed E-state index contributed by atoms with van der Waals surface area (Å²) in [6.07, 6.45) is 10.0. The highest BCUT2D eigenvalue weighted by Gasteiger charge is 2.38. The van der Waals surface area contributed by atoms with Crippen molar-refractivity contribution in [3.63, 3.8) is 0 Å². The molecule has 0 atom stereocenters. The van der Waals surface area contributed by atoms with E-state index in [0.29, 0.717) is 0 Å². The lowest BCUT2D eigenvalue weighted by Gasteiger charge is -2.47. The molecule has 0 bridgehead atoms. The molecule has 9 nitrogen and oxygen atoms in total. The van der Waals surface area contributed by atoms with Crippen LogP contribution in [0, 0.1) is 0 Å². The largest absolute Gasteiger partial charge is 0.385 e. The molecule has 2 heterocycles. The molecule has 1 saturated carbocycles. The summed E-state index contributed by atoms with van der Waals surface area (Å²) in [6.45, 7) is 9.85. The highest BCUT2D eigenvalue weighted by atomic mass is 16.5. The van der Waals surface area contributed by atoms with Crippen LogP contribution in [0.15, 0.2) is 11.3 Å². The molecule has 1 aliphatic carbocycles. The van der Waals surface area contributed by atoms with Crippen LogP contribution >= 0.6 is 0 Å². The first-order chi connectivity index (χ1) is 15.3. The van der Waals surface area contributed by atoms with Crippen molar-refractivity contribution >= 4 is 5.96 Å². The zero-order valence-corrected chi connectivity index (χ0v) is 19.4. The molecule has 0 spiro atoms. The van der Waals surface area contributed by atoms with E-state index >= 15 is 0 Å². The van der Waals surface area contributed by atoms with E-state index in [-0.39, 0.29) is 5.54 Å². The summed E-state index contributed by atoms with van der Waals surface area (Å²) in [5.74, 6) is 1.90. The molecule has 0 amide bonds. The molecule has 0 unspecified atom stereocenters. The lowest BCUT2D eigenvalue weighted by molar-refractivity contribution is -0.0333. The number of nitrogens with zero attached hydrogens (tertiary/aromatic N) is 5. The van der Waals surface area contributed by atoms with Crippen LogP contribution in [0.2, 0.25) is 0 Å². The molecule has 3 rings (SSSR count). The molecule has 1 aromatic rings. The van der Waals surface area contributed by atoms with Crippen LogP contribution in [0.1, 0.15) is 51.3 Å². The van der Waals surface area contributed by atoms with Crippen LogP contribution in [0.4, 0.5) is 0 Å². The molecule has 2 N–H and O–H groups in total. The van der Waals surface area contributed by atoms with E-state index < -0.39 is 0 Å². The van der Waals surface area contributed by atoms with Gasteiger partial charge in [0.1, 0.15) is 12.2 Å². The molecule has 1 aromatic heterocycles. The Balaban J connectivity index is 1.62. The third-order valence-electron chi connectivity index (χ3n) is 6.47. The highest BCUT2D eigenvalue weighted by Crippen LogP contribution is 2.34. The van der Waals surface area contributed by atoms with Crippen molar-refractivity contribution < 1.29 is 9.47 Å². The van der Waals surface area contributed by atoms with Gasteiger partial charge in [0.15, 0.2) is 5.96 Å². The standard InChI is InChI=1S/C22H41N7O2/c1-3-20-27-26-19-28(20)12-11-24-21(23-10-7-15-30-2)25-18-22(8-5-4-6-9-22)29-13-16-31-17-14-29/h19H,3-18H2,1-2H3,(H2,23,24,25). The first kappa shape index (κ1) is 23.9. The minimum absolute atomic E-state index is 0.173. The summed E-state index contributed by atoms with van der Waals surface area (Å²) in [5.41, 5.74) is 0.173. The average Bonchev–Trinajstić information content (AvgIpc) is 3.28. The topological polar surface area (TPSA) is 88.8 Å². The van der Waals surface area contributed by atoms with Gasteiger partial charge in [0.25, 0.3) is 0 Å². The van der Waals surface area contributed by atoms with Crippen molar-refractivity contribution in [1.82, 2.24) is 30.3 Å². The molecule has 0 aromatic carbocycles. The van der Waals surface area contributed by atoms with Crippen molar-refractivity contribution in [2.45, 2.75) is 64.0 Å². The molecule has 2 aliphatic rings. The Labute approximate surface area is 187 Å². The maximum atomic E-state index is 5.62. The molecule has 176 valence electrons. The molecular weight excluding hydrogens is 394 g/mol. The van der Waals surface area contributed by atoms with Crippen LogP contribution in [0.5, 0.6) is 0 Å². The fourth-order valence-corrected chi connectivity index (χ4v) is 4.68. The Kier molecular flexibility index (Phi) is 10.0. The predicted molar refractivity (Wildman–Crippen MR) is 122 cm³/mol. The van der Waals surface area contributed by atoms with E-state index in [2.05, 4.69) is 37.2 Å². The second-order valence-electron chi connectivity index (χ2n) is 8.54. The van der Waals surface area contributed by atoms with Crippen molar-refractivity contribution in [3.05, 3.63) is 12.2 Å². The number of morpholine rings is 1. The second-order valence-corrected chi connectivity index (χ2v) is 8.54. The van der Waals surface area contributed by atoms with Crippen molar-refractivity contribution in [1.29, 1.82) is 0 Å². The number of aromatic nitrogens is 3. The van der Waals surface area contributed by atoms with E-state index in [9.17, 15) is 0 Å². The fourth-order valence-electron chi connectivity index (χ4n) is 4.68. The van der Waals surface area contributed by atoms with Crippen LogP contribution in [-0.2, 0) is 22.4 Å². The summed E-state index contributed by atoms with van der Waals surface area (Å²) in [7, 11) is 1.74. The maximum Gasteiger partial charge on any atom is 0.191 e. The second kappa shape index (κ2) is 13.0. The number of rotatable bonds is 11. The summed E-state index contributed by atoms with van der Waals surface area (Å²) in [4.78, 5) is 7.73. The van der Waals surface area contributed by atoms with Gasteiger partial charge in [-0.1, -0.05) is 26.2 Å². The Morgan fingerprint density at radius 3 is 2.71 bits per heavy atom. The number of ether oxygens (including phenoxy) is 2. The Morgan fingerprint density at radius 2 is 1.97 bits per heavy atom. The van der Waals surface area contributed by atoms with Gasteiger partial charge in [-0.15, -0.1) is 10.2 Å². The normalized spacial score (nSPS) is 20.0. The van der Waals surface area contributed by atoms with Crippen molar-refractivity contribution in [2.24, 2.45) is 4.99 Å². The van der Waals surface area contributed by atoms with E-state index in [1.165, 1.54) is 32.1 Å². The Morgan fingerprint density at radius 1 is 1.19 bits per heavy atom. The fraction of sp³-hybridized carbons (Fsp3) is 0.864. The summed E-state index contributed by atoms with van der Waals surface area (Å²) < 4.78 is 12.9. The number of hydrogen-bond acceptors (Lipinski definition) is 6. The number of aliphatic imine (C=N–C) groups is 1. The number of hydrogen-bond donors (Lipinski definition) is 2. The number of aryl methyl sites for hydroxylation is 1. The summed E-state index contributed by atoms with van der Waals surface area (Å²) in [6, 6.07) is 0. The van der Waals surface area contributed by atoms with Gasteiger partial charge >= 0.3 is 0 Å². The van der Waals surface area contributed by atoms with E-state index in [0.717, 1.165) is 83.7 Å². The van der Waals surface area contributed by atoms with Gasteiger partial charge in [-0.05, 0) is 19.3 Å². The summed E-state index contributed by atoms with van der Waals surface area (Å²) >= 11 is 0. The lowest BCUT2D eigenvalue weighted by Crippen LogP contribution is -2.56. The van der Waals surface area contributed by atoms with Crippen LogP contribution in [-0.4, -0.2) is 90.8 Å². The van der Waals surface area contributed by atoms with E-state index in [1.807, 2.05) is 0 Å². The number of methoxy groups -OCH3 is 1. The maximum absolute atomic E-state index is 5.62. The Hall–Kier alpha value is -1.71. The number of guanidine groups is 1. The predicted octanol–water partition coefficient (Wildman–Crippen LogP) is 1.45. The van der Waals surface area contributed by atoms with Crippen molar-refractivity contribution in [2.75, 3.05) is 59.7 Å². The zero-order valence-electron chi connectivity index (χ0n) is 19.4. The Bertz CT molecular complexity index is 652. The molecule has 1 aliphatic heterocycles. The molecule has 31 heavy (non-hydrogen) atoms. The monoisotopic (exact) mass is 435 g/mol. The van der Waals surface area contributed by atoms with Gasteiger partial charge in [0, 0.05) is 58.4 Å². The zero-order chi connectivity index (χ0) is 21.8. The van der Waals surface area contributed by atoms with E-state index in [1.54, 1.807) is 13.4 Å². The molecule has 2 fully saturated rings. The van der Waals surface area contributed by atoms with Crippen LogP contribution in [0.3, 0.4) is 0 Å². The lowest BCUT2D eigenvalue weighted by atomic mass is 9.80. The third-order valence-corrected chi connectivity index (χ3v) is 6.47. The van der Waals surface area contributed by atoms with Gasteiger partial charge in [-0.2, -0.15) is 0 Å². The quantitative estimate of drug-likeness (QED) is 0.309.